The second-order valence-corrected chi connectivity index (χ2v) is 4.44. The van der Waals surface area contributed by atoms with E-state index in [2.05, 4.69) is 5.32 Å². The number of carbonyl (C=O) groups is 1. The highest BCUT2D eigenvalue weighted by Crippen LogP contribution is 2.30. The molecule has 0 radical (unpaired) electrons. The Morgan fingerprint density at radius 1 is 1.56 bits per heavy atom. The van der Waals surface area contributed by atoms with Crippen molar-refractivity contribution in [3.8, 4) is 0 Å². The lowest BCUT2D eigenvalue weighted by molar-refractivity contribution is 0.0602. The van der Waals surface area contributed by atoms with Gasteiger partial charge in [0.1, 0.15) is 0 Å². The van der Waals surface area contributed by atoms with Gasteiger partial charge >= 0.3 is 5.97 Å². The number of carbonyl (C=O) groups excluding carboxylic acids is 1. The Labute approximate surface area is 99.7 Å². The maximum atomic E-state index is 11.5. The van der Waals surface area contributed by atoms with Crippen molar-refractivity contribution in [3.63, 3.8) is 0 Å². The van der Waals surface area contributed by atoms with Crippen LogP contribution in [0.4, 0.5) is 5.69 Å². The van der Waals surface area contributed by atoms with Crippen molar-refractivity contribution in [1.29, 1.82) is 0 Å². The summed E-state index contributed by atoms with van der Waals surface area (Å²) in [5.74, 6) is 0.391. The number of halogens is 1. The summed E-state index contributed by atoms with van der Waals surface area (Å²) in [5, 5.41) is 3.80. The van der Waals surface area contributed by atoms with E-state index < -0.39 is 0 Å². The molecule has 4 heteroatoms. The number of anilines is 1. The summed E-state index contributed by atoms with van der Waals surface area (Å²) in [6.45, 7) is 0.908. The fourth-order valence-corrected chi connectivity index (χ4v) is 1.70. The topological polar surface area (TPSA) is 38.3 Å². The van der Waals surface area contributed by atoms with E-state index in [1.54, 1.807) is 12.1 Å². The molecule has 1 aromatic carbocycles. The summed E-state index contributed by atoms with van der Waals surface area (Å²) in [6.07, 6.45) is 2.54. The molecule has 0 bridgehead atoms. The molecule has 0 heterocycles. The lowest BCUT2D eigenvalue weighted by atomic mass is 10.1. The van der Waals surface area contributed by atoms with Crippen LogP contribution in [0.15, 0.2) is 18.2 Å². The number of esters is 1. The predicted octanol–water partition coefficient (Wildman–Crippen LogP) is 2.95. The van der Waals surface area contributed by atoms with Crippen molar-refractivity contribution in [2.75, 3.05) is 19.0 Å². The summed E-state index contributed by atoms with van der Waals surface area (Å²) in [7, 11) is 1.37. The number of ether oxygens (including phenoxy) is 1. The molecular weight excluding hydrogens is 226 g/mol. The zero-order valence-corrected chi connectivity index (χ0v) is 9.88. The normalized spacial score (nSPS) is 14.6. The Bertz CT molecular complexity index is 402. The van der Waals surface area contributed by atoms with Crippen LogP contribution in [0.1, 0.15) is 23.2 Å². The van der Waals surface area contributed by atoms with E-state index >= 15 is 0 Å². The highest BCUT2D eigenvalue weighted by Gasteiger charge is 2.21. The van der Waals surface area contributed by atoms with Crippen LogP contribution in [0.25, 0.3) is 0 Å². The molecule has 86 valence electrons. The van der Waals surface area contributed by atoms with Crippen molar-refractivity contribution in [2.45, 2.75) is 12.8 Å². The van der Waals surface area contributed by atoms with E-state index in [-0.39, 0.29) is 5.97 Å². The minimum Gasteiger partial charge on any atom is -0.465 e. The standard InChI is InChI=1S/C12H14ClNO2/c1-16-12(15)10-6-9(13)4-5-11(10)14-7-8-2-3-8/h4-6,8,14H,2-3,7H2,1H3. The third-order valence-electron chi connectivity index (χ3n) is 2.67. The number of nitrogens with one attached hydrogen (secondary N) is 1. The molecule has 1 N–H and O–H groups in total. The third-order valence-corrected chi connectivity index (χ3v) is 2.90. The Morgan fingerprint density at radius 2 is 2.31 bits per heavy atom. The van der Waals surface area contributed by atoms with Crippen LogP contribution in [0, 0.1) is 5.92 Å². The van der Waals surface area contributed by atoms with Crippen LogP contribution in [0.5, 0.6) is 0 Å². The predicted molar refractivity (Wildman–Crippen MR) is 64.0 cm³/mol. The first-order valence-corrected chi connectivity index (χ1v) is 5.70. The van der Waals surface area contributed by atoms with Crippen molar-refractivity contribution in [3.05, 3.63) is 28.8 Å². The molecule has 16 heavy (non-hydrogen) atoms. The van der Waals surface area contributed by atoms with Crippen molar-refractivity contribution in [1.82, 2.24) is 0 Å². The van der Waals surface area contributed by atoms with E-state index in [0.29, 0.717) is 10.6 Å². The van der Waals surface area contributed by atoms with Crippen LogP contribution in [0.2, 0.25) is 5.02 Å². The quantitative estimate of drug-likeness (QED) is 0.821. The number of benzene rings is 1. The van der Waals surface area contributed by atoms with Crippen LogP contribution in [-0.4, -0.2) is 19.6 Å². The van der Waals surface area contributed by atoms with Gasteiger partial charge in [0.25, 0.3) is 0 Å². The molecule has 0 atom stereocenters. The molecule has 1 aliphatic carbocycles. The Balaban J connectivity index is 2.16. The fourth-order valence-electron chi connectivity index (χ4n) is 1.53. The van der Waals surface area contributed by atoms with Gasteiger partial charge in [-0.2, -0.15) is 0 Å². The average molecular weight is 240 g/mol. The van der Waals surface area contributed by atoms with Crippen molar-refractivity contribution in [2.24, 2.45) is 5.92 Å². The second kappa shape index (κ2) is 4.74. The highest BCUT2D eigenvalue weighted by atomic mass is 35.5. The first-order chi connectivity index (χ1) is 7.70. The molecule has 2 rings (SSSR count). The molecule has 0 aliphatic heterocycles. The van der Waals surface area contributed by atoms with Gasteiger partial charge in [-0.05, 0) is 37.0 Å². The summed E-state index contributed by atoms with van der Waals surface area (Å²) in [6, 6.07) is 5.21. The summed E-state index contributed by atoms with van der Waals surface area (Å²) in [5.41, 5.74) is 1.29. The maximum absolute atomic E-state index is 11.5. The summed E-state index contributed by atoms with van der Waals surface area (Å²) in [4.78, 5) is 11.5. The van der Waals surface area contributed by atoms with Gasteiger partial charge in [0.15, 0.2) is 0 Å². The zero-order chi connectivity index (χ0) is 11.5. The smallest absolute Gasteiger partial charge is 0.340 e. The Morgan fingerprint density at radius 3 is 2.94 bits per heavy atom. The number of hydrogen-bond donors (Lipinski definition) is 1. The highest BCUT2D eigenvalue weighted by molar-refractivity contribution is 6.31. The first-order valence-electron chi connectivity index (χ1n) is 5.32. The van der Waals surface area contributed by atoms with Gasteiger partial charge in [-0.1, -0.05) is 11.6 Å². The van der Waals surface area contributed by atoms with Gasteiger partial charge in [0.05, 0.1) is 12.7 Å². The second-order valence-electron chi connectivity index (χ2n) is 4.01. The van der Waals surface area contributed by atoms with E-state index in [4.69, 9.17) is 16.3 Å². The summed E-state index contributed by atoms with van der Waals surface area (Å²) >= 11 is 5.86. The van der Waals surface area contributed by atoms with E-state index in [0.717, 1.165) is 18.2 Å². The van der Waals surface area contributed by atoms with Crippen molar-refractivity contribution >= 4 is 23.3 Å². The van der Waals surface area contributed by atoms with Crippen LogP contribution < -0.4 is 5.32 Å². The minimum atomic E-state index is -0.360. The summed E-state index contributed by atoms with van der Waals surface area (Å²) < 4.78 is 4.72. The van der Waals surface area contributed by atoms with Crippen LogP contribution >= 0.6 is 11.6 Å². The largest absolute Gasteiger partial charge is 0.465 e. The lowest BCUT2D eigenvalue weighted by Gasteiger charge is -2.10. The third kappa shape index (κ3) is 2.67. The molecular formula is C12H14ClNO2. The van der Waals surface area contributed by atoms with E-state index in [9.17, 15) is 4.79 Å². The molecule has 0 amide bonds. The van der Waals surface area contributed by atoms with E-state index in [1.807, 2.05) is 6.07 Å². The maximum Gasteiger partial charge on any atom is 0.340 e. The molecule has 0 spiro atoms. The Kier molecular flexibility index (Phi) is 3.34. The van der Waals surface area contributed by atoms with Gasteiger partial charge in [-0.3, -0.25) is 0 Å². The van der Waals surface area contributed by atoms with Gasteiger partial charge in [-0.15, -0.1) is 0 Å². The lowest BCUT2D eigenvalue weighted by Crippen LogP contribution is -2.10. The fraction of sp³-hybridized carbons (Fsp3) is 0.417. The number of methoxy groups -OCH3 is 1. The van der Waals surface area contributed by atoms with E-state index in [1.165, 1.54) is 20.0 Å². The van der Waals surface area contributed by atoms with Gasteiger partial charge < -0.3 is 10.1 Å². The minimum absolute atomic E-state index is 0.360. The molecule has 0 saturated heterocycles. The molecule has 3 nitrogen and oxygen atoms in total. The molecule has 1 fully saturated rings. The monoisotopic (exact) mass is 239 g/mol. The molecule has 0 unspecified atom stereocenters. The number of hydrogen-bond acceptors (Lipinski definition) is 3. The SMILES string of the molecule is COC(=O)c1cc(Cl)ccc1NCC1CC1. The van der Waals surface area contributed by atoms with Gasteiger partial charge in [0, 0.05) is 17.3 Å². The molecule has 1 aromatic rings. The molecule has 1 saturated carbocycles. The Hall–Kier alpha value is -1.22. The molecule has 0 aromatic heterocycles. The average Bonchev–Trinajstić information content (AvgIpc) is 3.10. The molecule has 1 aliphatic rings. The van der Waals surface area contributed by atoms with Gasteiger partial charge in [0.2, 0.25) is 0 Å². The zero-order valence-electron chi connectivity index (χ0n) is 9.13. The first kappa shape index (κ1) is 11.3. The number of rotatable bonds is 4. The van der Waals surface area contributed by atoms with Crippen LogP contribution in [0.3, 0.4) is 0 Å². The van der Waals surface area contributed by atoms with Crippen LogP contribution in [-0.2, 0) is 4.74 Å². The van der Waals surface area contributed by atoms with Crippen molar-refractivity contribution < 1.29 is 9.53 Å². The van der Waals surface area contributed by atoms with Gasteiger partial charge in [-0.25, -0.2) is 4.79 Å².